The molecule has 0 radical (unpaired) electrons. The van der Waals surface area contributed by atoms with Gasteiger partial charge in [-0.25, -0.2) is 4.79 Å². The minimum absolute atomic E-state index is 0.110. The lowest BCUT2D eigenvalue weighted by Crippen LogP contribution is -2.15. The molecule has 0 saturated carbocycles. The van der Waals surface area contributed by atoms with E-state index >= 15 is 0 Å². The van der Waals surface area contributed by atoms with Gasteiger partial charge in [0, 0.05) is 5.57 Å². The predicted octanol–water partition coefficient (Wildman–Crippen LogP) is 3.24. The lowest BCUT2D eigenvalue weighted by Gasteiger charge is -2.19. The maximum atomic E-state index is 11.8. The van der Waals surface area contributed by atoms with E-state index in [0.717, 1.165) is 23.1 Å². The Morgan fingerprint density at radius 3 is 2.64 bits per heavy atom. The minimum Gasteiger partial charge on any atom is -0.469 e. The fraction of sp³-hybridized carbons (Fsp3) is 0.444. The molecule has 4 nitrogen and oxygen atoms in total. The lowest BCUT2D eigenvalue weighted by atomic mass is 9.85. The SMILES string of the molecule is C=C(C)C(=O)OC1CC(C)(C)c2cc(CC(=O)OC)ccc21. The third kappa shape index (κ3) is 3.21. The van der Waals surface area contributed by atoms with E-state index in [1.807, 2.05) is 18.2 Å². The van der Waals surface area contributed by atoms with Gasteiger partial charge in [-0.3, -0.25) is 4.79 Å². The average molecular weight is 302 g/mol. The van der Waals surface area contributed by atoms with Crippen LogP contribution in [0.5, 0.6) is 0 Å². The molecule has 0 fully saturated rings. The second kappa shape index (κ2) is 5.95. The van der Waals surface area contributed by atoms with Crippen molar-refractivity contribution >= 4 is 11.9 Å². The van der Waals surface area contributed by atoms with Crippen LogP contribution in [0.2, 0.25) is 0 Å². The van der Waals surface area contributed by atoms with Crippen LogP contribution in [0.1, 0.15) is 50.0 Å². The van der Waals surface area contributed by atoms with Crippen molar-refractivity contribution < 1.29 is 19.1 Å². The van der Waals surface area contributed by atoms with Gasteiger partial charge >= 0.3 is 11.9 Å². The van der Waals surface area contributed by atoms with Crippen LogP contribution < -0.4 is 0 Å². The normalized spacial score (nSPS) is 18.5. The molecule has 1 unspecified atom stereocenters. The van der Waals surface area contributed by atoms with Crippen LogP contribution in [0.3, 0.4) is 0 Å². The number of benzene rings is 1. The van der Waals surface area contributed by atoms with E-state index in [2.05, 4.69) is 20.4 Å². The van der Waals surface area contributed by atoms with Crippen molar-refractivity contribution in [3.63, 3.8) is 0 Å². The van der Waals surface area contributed by atoms with E-state index in [-0.39, 0.29) is 29.9 Å². The summed E-state index contributed by atoms with van der Waals surface area (Å²) in [5.41, 5.74) is 3.32. The first-order valence-corrected chi connectivity index (χ1v) is 7.31. The van der Waals surface area contributed by atoms with Gasteiger partial charge in [-0.15, -0.1) is 0 Å². The molecule has 0 amide bonds. The van der Waals surface area contributed by atoms with Crippen molar-refractivity contribution in [2.75, 3.05) is 7.11 Å². The van der Waals surface area contributed by atoms with Crippen LogP contribution in [0.15, 0.2) is 30.4 Å². The number of hydrogen-bond acceptors (Lipinski definition) is 4. The standard InChI is InChI=1S/C18H22O4/c1-11(2)17(20)22-15-10-18(3,4)14-8-12(6-7-13(14)15)9-16(19)21-5/h6-8,15H,1,9-10H2,2-5H3. The summed E-state index contributed by atoms with van der Waals surface area (Å²) in [6, 6.07) is 5.85. The molecule has 1 aromatic rings. The number of carbonyl (C=O) groups excluding carboxylic acids is 2. The van der Waals surface area contributed by atoms with Gasteiger partial charge in [0.15, 0.2) is 0 Å². The summed E-state index contributed by atoms with van der Waals surface area (Å²) < 4.78 is 10.3. The summed E-state index contributed by atoms with van der Waals surface area (Å²) >= 11 is 0. The monoisotopic (exact) mass is 302 g/mol. The van der Waals surface area contributed by atoms with E-state index in [1.54, 1.807) is 6.92 Å². The second-order valence-electron chi connectivity index (χ2n) is 6.44. The summed E-state index contributed by atoms with van der Waals surface area (Å²) in [6.07, 6.45) is 0.709. The van der Waals surface area contributed by atoms with E-state index in [0.29, 0.717) is 5.57 Å². The van der Waals surface area contributed by atoms with Gasteiger partial charge in [0.2, 0.25) is 0 Å². The Balaban J connectivity index is 2.29. The van der Waals surface area contributed by atoms with Crippen molar-refractivity contribution in [2.45, 2.75) is 45.1 Å². The minimum atomic E-state index is -0.368. The van der Waals surface area contributed by atoms with Crippen LogP contribution in [0.25, 0.3) is 0 Å². The Hall–Kier alpha value is -2.10. The summed E-state index contributed by atoms with van der Waals surface area (Å²) in [6.45, 7) is 9.49. The lowest BCUT2D eigenvalue weighted by molar-refractivity contribution is -0.145. The number of carbonyl (C=O) groups is 2. The number of fused-ring (bicyclic) bond motifs is 1. The highest BCUT2D eigenvalue weighted by Crippen LogP contribution is 2.46. The Labute approximate surface area is 131 Å². The third-order valence-electron chi connectivity index (χ3n) is 4.06. The van der Waals surface area contributed by atoms with Crippen LogP contribution in [-0.2, 0) is 30.9 Å². The first-order chi connectivity index (χ1) is 10.2. The summed E-state index contributed by atoms with van der Waals surface area (Å²) in [5, 5.41) is 0. The maximum Gasteiger partial charge on any atom is 0.333 e. The summed E-state index contributed by atoms with van der Waals surface area (Å²) in [5.74, 6) is -0.631. The second-order valence-corrected chi connectivity index (χ2v) is 6.44. The van der Waals surface area contributed by atoms with Crippen molar-refractivity contribution in [1.82, 2.24) is 0 Å². The molecular formula is C18H22O4. The smallest absolute Gasteiger partial charge is 0.333 e. The molecule has 0 saturated heterocycles. The average Bonchev–Trinajstić information content (AvgIpc) is 2.69. The highest BCUT2D eigenvalue weighted by atomic mass is 16.5. The molecule has 1 aliphatic carbocycles. The number of hydrogen-bond donors (Lipinski definition) is 0. The largest absolute Gasteiger partial charge is 0.469 e. The first-order valence-electron chi connectivity index (χ1n) is 7.31. The Kier molecular flexibility index (Phi) is 4.40. The molecule has 22 heavy (non-hydrogen) atoms. The van der Waals surface area contributed by atoms with Crippen LogP contribution in [-0.4, -0.2) is 19.0 Å². The van der Waals surface area contributed by atoms with Crippen LogP contribution in [0.4, 0.5) is 0 Å². The first kappa shape index (κ1) is 16.3. The molecule has 0 aliphatic heterocycles. The zero-order chi connectivity index (χ0) is 16.5. The highest BCUT2D eigenvalue weighted by molar-refractivity contribution is 5.87. The van der Waals surface area contributed by atoms with Crippen LogP contribution in [0, 0.1) is 0 Å². The molecule has 0 N–H and O–H groups in total. The quantitative estimate of drug-likeness (QED) is 0.633. The molecule has 1 atom stereocenters. The van der Waals surface area contributed by atoms with Crippen molar-refractivity contribution in [3.05, 3.63) is 47.0 Å². The molecule has 0 spiro atoms. The fourth-order valence-corrected chi connectivity index (χ4v) is 2.84. The zero-order valence-electron chi connectivity index (χ0n) is 13.6. The van der Waals surface area contributed by atoms with E-state index < -0.39 is 0 Å². The summed E-state index contributed by atoms with van der Waals surface area (Å²) in [7, 11) is 1.38. The Bertz CT molecular complexity index is 628. The van der Waals surface area contributed by atoms with Gasteiger partial charge in [-0.2, -0.15) is 0 Å². The molecule has 0 heterocycles. The Morgan fingerprint density at radius 2 is 2.05 bits per heavy atom. The maximum absolute atomic E-state index is 11.8. The molecule has 118 valence electrons. The van der Waals surface area contributed by atoms with E-state index in [1.165, 1.54) is 7.11 Å². The fourth-order valence-electron chi connectivity index (χ4n) is 2.84. The van der Waals surface area contributed by atoms with E-state index in [4.69, 9.17) is 9.47 Å². The van der Waals surface area contributed by atoms with Crippen LogP contribution >= 0.6 is 0 Å². The molecule has 1 aliphatic rings. The van der Waals surface area contributed by atoms with Gasteiger partial charge in [-0.05, 0) is 35.4 Å². The van der Waals surface area contributed by atoms with Gasteiger partial charge in [0.05, 0.1) is 13.5 Å². The molecule has 0 bridgehead atoms. The van der Waals surface area contributed by atoms with Crippen molar-refractivity contribution in [1.29, 1.82) is 0 Å². The molecular weight excluding hydrogens is 280 g/mol. The number of rotatable bonds is 4. The molecule has 1 aromatic carbocycles. The van der Waals surface area contributed by atoms with Crippen molar-refractivity contribution in [2.24, 2.45) is 0 Å². The topological polar surface area (TPSA) is 52.6 Å². The number of ether oxygens (including phenoxy) is 2. The summed E-state index contributed by atoms with van der Waals surface area (Å²) in [4.78, 5) is 23.2. The van der Waals surface area contributed by atoms with Gasteiger partial charge in [0.25, 0.3) is 0 Å². The number of esters is 2. The van der Waals surface area contributed by atoms with Gasteiger partial charge < -0.3 is 9.47 Å². The van der Waals surface area contributed by atoms with Gasteiger partial charge in [0.1, 0.15) is 6.10 Å². The third-order valence-corrected chi connectivity index (χ3v) is 4.06. The van der Waals surface area contributed by atoms with Crippen molar-refractivity contribution in [3.8, 4) is 0 Å². The zero-order valence-corrected chi connectivity index (χ0v) is 13.6. The molecule has 2 rings (SSSR count). The number of methoxy groups -OCH3 is 1. The molecule has 0 aromatic heterocycles. The van der Waals surface area contributed by atoms with E-state index in [9.17, 15) is 9.59 Å². The predicted molar refractivity (Wildman–Crippen MR) is 83.5 cm³/mol. The highest BCUT2D eigenvalue weighted by Gasteiger charge is 2.39. The Morgan fingerprint density at radius 1 is 1.36 bits per heavy atom. The van der Waals surface area contributed by atoms with Gasteiger partial charge in [-0.1, -0.05) is 38.6 Å². The molecule has 4 heteroatoms.